The van der Waals surface area contributed by atoms with E-state index < -0.39 is 22.0 Å². The van der Waals surface area contributed by atoms with Crippen LogP contribution in [0.3, 0.4) is 0 Å². The summed E-state index contributed by atoms with van der Waals surface area (Å²) in [4.78, 5) is 31.5. The zero-order valence-corrected chi connectivity index (χ0v) is 16.1. The number of hydrogen-bond acceptors (Lipinski definition) is 8. The number of fused-ring (bicyclic) bond motifs is 1. The normalized spacial score (nSPS) is 17.0. The standard InChI is InChI=1S/C16H16N4O5S2/c1-9(15(22)25-7-11-8-26-16(19-11)18-10(2)21)17-14-12-5-3-4-6-13(12)27(23,24)20-14/h3-6,8-9H,7H2,1-2H3,(H,17,20)(H,18,19,21)/t9-/m0/s1. The first-order valence-electron chi connectivity index (χ1n) is 7.85. The molecule has 0 aliphatic carbocycles. The molecule has 0 unspecified atom stereocenters. The third kappa shape index (κ3) is 4.31. The summed E-state index contributed by atoms with van der Waals surface area (Å²) in [5.41, 5.74) is 0.903. The Balaban J connectivity index is 1.65. The van der Waals surface area contributed by atoms with Crippen molar-refractivity contribution >= 4 is 44.2 Å². The van der Waals surface area contributed by atoms with Crippen molar-refractivity contribution in [3.8, 4) is 0 Å². The van der Waals surface area contributed by atoms with Crippen LogP contribution in [0.4, 0.5) is 5.13 Å². The number of aliphatic imine (C=N–C) groups is 1. The molecule has 1 aliphatic heterocycles. The fourth-order valence-electron chi connectivity index (χ4n) is 2.32. The first-order chi connectivity index (χ1) is 12.8. The topological polar surface area (TPSA) is 127 Å². The van der Waals surface area contributed by atoms with E-state index in [2.05, 4.69) is 20.0 Å². The number of benzene rings is 1. The van der Waals surface area contributed by atoms with Crippen molar-refractivity contribution in [2.75, 3.05) is 5.32 Å². The Labute approximate surface area is 159 Å². The van der Waals surface area contributed by atoms with Crippen LogP contribution in [0.5, 0.6) is 0 Å². The van der Waals surface area contributed by atoms with Gasteiger partial charge >= 0.3 is 5.97 Å². The molecule has 27 heavy (non-hydrogen) atoms. The van der Waals surface area contributed by atoms with Gasteiger partial charge in [0.05, 0.1) is 10.6 Å². The Morgan fingerprint density at radius 3 is 2.85 bits per heavy atom. The number of nitrogens with one attached hydrogen (secondary N) is 2. The number of ether oxygens (including phenoxy) is 1. The van der Waals surface area contributed by atoms with Gasteiger partial charge in [0.1, 0.15) is 18.5 Å². The number of thiazole rings is 1. The van der Waals surface area contributed by atoms with Crippen LogP contribution < -0.4 is 10.0 Å². The average molecular weight is 408 g/mol. The van der Waals surface area contributed by atoms with E-state index in [0.717, 1.165) is 0 Å². The van der Waals surface area contributed by atoms with Crippen LogP contribution in [0.15, 0.2) is 39.5 Å². The van der Waals surface area contributed by atoms with Gasteiger partial charge in [0.15, 0.2) is 5.13 Å². The van der Waals surface area contributed by atoms with Crippen LogP contribution in [0.1, 0.15) is 25.1 Å². The lowest BCUT2D eigenvalue weighted by Crippen LogP contribution is -2.26. The van der Waals surface area contributed by atoms with E-state index in [4.69, 9.17) is 4.74 Å². The Bertz CT molecular complexity index is 1030. The second kappa shape index (κ2) is 7.45. The molecule has 1 aromatic carbocycles. The summed E-state index contributed by atoms with van der Waals surface area (Å²) >= 11 is 1.22. The van der Waals surface area contributed by atoms with Crippen LogP contribution in [-0.4, -0.2) is 37.2 Å². The molecule has 1 atom stereocenters. The number of anilines is 1. The molecule has 0 saturated heterocycles. The number of esters is 1. The summed E-state index contributed by atoms with van der Waals surface area (Å²) < 4.78 is 31.6. The van der Waals surface area contributed by atoms with Crippen molar-refractivity contribution in [2.24, 2.45) is 4.99 Å². The molecule has 0 saturated carbocycles. The second-order valence-corrected chi connectivity index (χ2v) is 8.20. The molecular weight excluding hydrogens is 392 g/mol. The summed E-state index contributed by atoms with van der Waals surface area (Å²) in [6, 6.07) is 5.47. The average Bonchev–Trinajstić information content (AvgIpc) is 3.15. The zero-order valence-electron chi connectivity index (χ0n) is 14.4. The molecule has 2 aromatic rings. The molecule has 142 valence electrons. The van der Waals surface area contributed by atoms with Crippen molar-refractivity contribution in [1.29, 1.82) is 0 Å². The van der Waals surface area contributed by atoms with Crippen molar-refractivity contribution in [3.05, 3.63) is 40.9 Å². The molecule has 11 heteroatoms. The minimum absolute atomic E-state index is 0.0770. The second-order valence-electron chi connectivity index (χ2n) is 5.69. The number of amides is 1. The molecule has 0 spiro atoms. The van der Waals surface area contributed by atoms with E-state index in [9.17, 15) is 18.0 Å². The van der Waals surface area contributed by atoms with Crippen LogP contribution in [-0.2, 0) is 31.0 Å². The molecular formula is C16H16N4O5S2. The highest BCUT2D eigenvalue weighted by atomic mass is 32.2. The van der Waals surface area contributed by atoms with Crippen LogP contribution >= 0.6 is 11.3 Å². The summed E-state index contributed by atoms with van der Waals surface area (Å²) in [5, 5.41) is 4.62. The van der Waals surface area contributed by atoms with Crippen molar-refractivity contribution < 1.29 is 22.7 Å². The lowest BCUT2D eigenvalue weighted by molar-refractivity contribution is -0.146. The SMILES string of the molecule is CC(=O)Nc1nc(COC(=O)[C@H](C)N=C2NS(=O)(=O)c3ccccc32)cs1. The van der Waals surface area contributed by atoms with E-state index >= 15 is 0 Å². The lowest BCUT2D eigenvalue weighted by Gasteiger charge is -2.08. The molecule has 2 heterocycles. The highest BCUT2D eigenvalue weighted by Crippen LogP contribution is 2.22. The third-order valence-electron chi connectivity index (χ3n) is 3.52. The predicted molar refractivity (Wildman–Crippen MR) is 99.0 cm³/mol. The number of rotatable bonds is 5. The summed E-state index contributed by atoms with van der Waals surface area (Å²) in [6.45, 7) is 2.80. The molecule has 0 fully saturated rings. The van der Waals surface area contributed by atoms with Gasteiger partial charge in [-0.15, -0.1) is 11.3 Å². The molecule has 0 bridgehead atoms. The molecule has 1 aliphatic rings. The summed E-state index contributed by atoms with van der Waals surface area (Å²) in [5.74, 6) is -0.756. The Kier molecular flexibility index (Phi) is 5.24. The summed E-state index contributed by atoms with van der Waals surface area (Å²) in [6.07, 6.45) is 0. The zero-order chi connectivity index (χ0) is 19.6. The molecule has 0 radical (unpaired) electrons. The fourth-order valence-corrected chi connectivity index (χ4v) is 4.30. The number of nitrogens with zero attached hydrogens (tertiary/aromatic N) is 2. The van der Waals surface area contributed by atoms with Crippen LogP contribution in [0, 0.1) is 0 Å². The third-order valence-corrected chi connectivity index (χ3v) is 5.73. The monoisotopic (exact) mass is 408 g/mol. The van der Waals surface area contributed by atoms with Crippen LogP contribution in [0.2, 0.25) is 0 Å². The van der Waals surface area contributed by atoms with Crippen molar-refractivity contribution in [2.45, 2.75) is 31.4 Å². The predicted octanol–water partition coefficient (Wildman–Crippen LogP) is 1.27. The highest BCUT2D eigenvalue weighted by molar-refractivity contribution is 7.90. The first-order valence-corrected chi connectivity index (χ1v) is 10.2. The fraction of sp³-hybridized carbons (Fsp3) is 0.250. The van der Waals surface area contributed by atoms with Crippen LogP contribution in [0.25, 0.3) is 0 Å². The molecule has 3 rings (SSSR count). The van der Waals surface area contributed by atoms with E-state index in [1.54, 1.807) is 23.6 Å². The smallest absolute Gasteiger partial charge is 0.331 e. The lowest BCUT2D eigenvalue weighted by atomic mass is 10.2. The molecule has 9 nitrogen and oxygen atoms in total. The quantitative estimate of drug-likeness (QED) is 0.718. The van der Waals surface area contributed by atoms with Crippen molar-refractivity contribution in [1.82, 2.24) is 9.71 Å². The van der Waals surface area contributed by atoms with E-state index in [0.29, 0.717) is 16.4 Å². The largest absolute Gasteiger partial charge is 0.458 e. The van der Waals surface area contributed by atoms with Gasteiger partial charge in [-0.25, -0.2) is 18.2 Å². The number of sulfonamides is 1. The first kappa shape index (κ1) is 19.0. The molecule has 1 aromatic heterocycles. The van der Waals surface area contributed by atoms with Gasteiger partial charge in [0.25, 0.3) is 10.0 Å². The highest BCUT2D eigenvalue weighted by Gasteiger charge is 2.31. The van der Waals surface area contributed by atoms with E-state index in [1.165, 1.54) is 31.3 Å². The Morgan fingerprint density at radius 1 is 1.37 bits per heavy atom. The number of carbonyl (C=O) groups excluding carboxylic acids is 2. The minimum Gasteiger partial charge on any atom is -0.458 e. The van der Waals surface area contributed by atoms with Gasteiger partial charge in [-0.3, -0.25) is 14.5 Å². The number of carbonyl (C=O) groups is 2. The number of hydrogen-bond donors (Lipinski definition) is 2. The molecule has 1 amide bonds. The van der Waals surface area contributed by atoms with Gasteiger partial charge in [0.2, 0.25) is 5.91 Å². The van der Waals surface area contributed by atoms with E-state index in [-0.39, 0.29) is 23.2 Å². The maximum atomic E-state index is 12.2. The van der Waals surface area contributed by atoms with Gasteiger partial charge in [-0.05, 0) is 19.1 Å². The van der Waals surface area contributed by atoms with Gasteiger partial charge in [-0.1, -0.05) is 12.1 Å². The maximum absolute atomic E-state index is 12.2. The van der Waals surface area contributed by atoms with Gasteiger partial charge in [0, 0.05) is 17.9 Å². The number of amidine groups is 1. The summed E-state index contributed by atoms with van der Waals surface area (Å²) in [7, 11) is -3.66. The molecule has 2 N–H and O–H groups in total. The Morgan fingerprint density at radius 2 is 2.11 bits per heavy atom. The minimum atomic E-state index is -3.66. The maximum Gasteiger partial charge on any atom is 0.331 e. The van der Waals surface area contributed by atoms with E-state index in [1.807, 2.05) is 0 Å². The van der Waals surface area contributed by atoms with Gasteiger partial charge < -0.3 is 10.1 Å². The Hall–Kier alpha value is -2.79. The van der Waals surface area contributed by atoms with Gasteiger partial charge in [-0.2, -0.15) is 0 Å². The van der Waals surface area contributed by atoms with Crippen molar-refractivity contribution in [3.63, 3.8) is 0 Å². The number of aromatic nitrogens is 1.